The van der Waals surface area contributed by atoms with E-state index in [4.69, 9.17) is 0 Å². The van der Waals surface area contributed by atoms with Gasteiger partial charge in [-0.25, -0.2) is 4.98 Å². The summed E-state index contributed by atoms with van der Waals surface area (Å²) in [6, 6.07) is 7.24. The molecule has 0 aliphatic carbocycles. The Balaban J connectivity index is 1.61. The summed E-state index contributed by atoms with van der Waals surface area (Å²) in [6.07, 6.45) is 7.27. The first-order valence-electron chi connectivity index (χ1n) is 10.4. The highest BCUT2D eigenvalue weighted by Gasteiger charge is 2.21. The number of hydrogen-bond acceptors (Lipinski definition) is 3. The summed E-state index contributed by atoms with van der Waals surface area (Å²) in [5, 5.41) is 4.57. The Labute approximate surface area is 168 Å². The number of aryl methyl sites for hydroxylation is 2. The van der Waals surface area contributed by atoms with Crippen LogP contribution in [0.5, 0.6) is 0 Å². The molecular weight excluding hydrogens is 346 g/mol. The van der Waals surface area contributed by atoms with Gasteiger partial charge in [0.1, 0.15) is 0 Å². The maximum absolute atomic E-state index is 4.57. The number of rotatable bonds is 6. The number of anilines is 1. The smallest absolute Gasteiger partial charge is 0.0953 e. The van der Waals surface area contributed by atoms with Crippen molar-refractivity contribution in [3.8, 4) is 11.3 Å². The van der Waals surface area contributed by atoms with Gasteiger partial charge in [0, 0.05) is 43.1 Å². The van der Waals surface area contributed by atoms with Crippen LogP contribution in [0.25, 0.3) is 11.3 Å². The Kier molecular flexibility index (Phi) is 5.00. The van der Waals surface area contributed by atoms with Crippen LogP contribution in [0.4, 0.5) is 5.69 Å². The minimum atomic E-state index is 0.323. The summed E-state index contributed by atoms with van der Waals surface area (Å²) in [5.74, 6) is 0. The van der Waals surface area contributed by atoms with Gasteiger partial charge in [-0.3, -0.25) is 4.68 Å². The fourth-order valence-corrected chi connectivity index (χ4v) is 4.52. The third-order valence-corrected chi connectivity index (χ3v) is 6.16. The Hall–Kier alpha value is -2.56. The zero-order valence-electron chi connectivity index (χ0n) is 17.7. The predicted molar refractivity (Wildman–Crippen MR) is 115 cm³/mol. The lowest BCUT2D eigenvalue weighted by atomic mass is 10.0. The second-order valence-corrected chi connectivity index (χ2v) is 8.09. The molecule has 0 bridgehead atoms. The van der Waals surface area contributed by atoms with Crippen LogP contribution in [-0.4, -0.2) is 32.4 Å². The number of benzene rings is 1. The number of hydrogen-bond donors (Lipinski definition) is 0. The molecule has 3 aromatic rings. The van der Waals surface area contributed by atoms with Gasteiger partial charge >= 0.3 is 0 Å². The van der Waals surface area contributed by atoms with Crippen molar-refractivity contribution in [2.75, 3.05) is 18.0 Å². The Morgan fingerprint density at radius 1 is 1.21 bits per heavy atom. The van der Waals surface area contributed by atoms with E-state index in [9.17, 15) is 0 Å². The summed E-state index contributed by atoms with van der Waals surface area (Å²) in [4.78, 5) is 6.99. The second-order valence-electron chi connectivity index (χ2n) is 8.09. The standard InChI is InChI=1S/C23H31N5/c1-6-10-27-11-9-20-13-19(7-8-22(20)27)23-14-24-15-28(23)16(2)12-21-17(3)25-26(5)18(21)4/h7-8,13-16H,6,9-12H2,1-5H3/t16-/m0/s1. The minimum Gasteiger partial charge on any atom is -0.371 e. The van der Waals surface area contributed by atoms with Crippen molar-refractivity contribution in [1.82, 2.24) is 19.3 Å². The molecule has 3 heterocycles. The monoisotopic (exact) mass is 377 g/mol. The first-order chi connectivity index (χ1) is 13.5. The molecule has 0 fully saturated rings. The number of imidazole rings is 1. The van der Waals surface area contributed by atoms with Crippen LogP contribution in [0.15, 0.2) is 30.7 Å². The fraction of sp³-hybridized carbons (Fsp3) is 0.478. The van der Waals surface area contributed by atoms with Crippen LogP contribution in [0.1, 0.15) is 48.8 Å². The SMILES string of the molecule is CCCN1CCc2cc(-c3cncn3[C@@H](C)Cc3c(C)nn(C)c3C)ccc21. The lowest BCUT2D eigenvalue weighted by Gasteiger charge is -2.19. The zero-order chi connectivity index (χ0) is 19.8. The quantitative estimate of drug-likeness (QED) is 0.636. The summed E-state index contributed by atoms with van der Waals surface area (Å²) in [5.41, 5.74) is 9.06. The number of aromatic nitrogens is 4. The van der Waals surface area contributed by atoms with E-state index >= 15 is 0 Å². The Morgan fingerprint density at radius 3 is 2.75 bits per heavy atom. The van der Waals surface area contributed by atoms with Crippen LogP contribution in [-0.2, 0) is 19.9 Å². The Bertz CT molecular complexity index is 981. The van der Waals surface area contributed by atoms with Gasteiger partial charge in [0.25, 0.3) is 0 Å². The largest absolute Gasteiger partial charge is 0.371 e. The third-order valence-electron chi connectivity index (χ3n) is 6.16. The number of nitrogens with zero attached hydrogens (tertiary/aromatic N) is 5. The van der Waals surface area contributed by atoms with E-state index in [1.807, 2.05) is 24.3 Å². The van der Waals surface area contributed by atoms with Gasteiger partial charge in [0.05, 0.1) is 23.9 Å². The molecule has 0 spiro atoms. The maximum Gasteiger partial charge on any atom is 0.0953 e. The average Bonchev–Trinajstić information content (AvgIpc) is 3.37. The summed E-state index contributed by atoms with van der Waals surface area (Å²) >= 11 is 0. The molecule has 5 heteroatoms. The maximum atomic E-state index is 4.57. The van der Waals surface area contributed by atoms with Crippen molar-refractivity contribution in [2.24, 2.45) is 7.05 Å². The molecule has 28 heavy (non-hydrogen) atoms. The van der Waals surface area contributed by atoms with Crippen LogP contribution >= 0.6 is 0 Å². The summed E-state index contributed by atoms with van der Waals surface area (Å²) in [6.45, 7) is 11.1. The van der Waals surface area contributed by atoms with Crippen molar-refractivity contribution in [1.29, 1.82) is 0 Å². The normalized spacial score (nSPS) is 14.5. The van der Waals surface area contributed by atoms with Crippen molar-refractivity contribution in [2.45, 2.75) is 53.0 Å². The van der Waals surface area contributed by atoms with Crippen LogP contribution in [0.3, 0.4) is 0 Å². The first-order valence-corrected chi connectivity index (χ1v) is 10.4. The molecule has 0 saturated carbocycles. The molecule has 4 rings (SSSR count). The van der Waals surface area contributed by atoms with Gasteiger partial charge in [-0.2, -0.15) is 5.10 Å². The van der Waals surface area contributed by atoms with Crippen molar-refractivity contribution in [3.63, 3.8) is 0 Å². The molecule has 0 radical (unpaired) electrons. The molecule has 2 aromatic heterocycles. The summed E-state index contributed by atoms with van der Waals surface area (Å²) < 4.78 is 4.29. The topological polar surface area (TPSA) is 38.9 Å². The van der Waals surface area contributed by atoms with Gasteiger partial charge in [0.2, 0.25) is 0 Å². The molecule has 0 saturated heterocycles. The molecular formula is C23H31N5. The molecule has 1 aliphatic heterocycles. The molecule has 1 aromatic carbocycles. The minimum absolute atomic E-state index is 0.323. The van der Waals surface area contributed by atoms with Crippen LogP contribution in [0, 0.1) is 13.8 Å². The average molecular weight is 378 g/mol. The van der Waals surface area contributed by atoms with E-state index in [2.05, 4.69) is 65.4 Å². The van der Waals surface area contributed by atoms with Crippen LogP contribution < -0.4 is 4.90 Å². The third kappa shape index (κ3) is 3.23. The van der Waals surface area contributed by atoms with Gasteiger partial charge in [-0.1, -0.05) is 13.0 Å². The molecule has 1 aliphatic rings. The van der Waals surface area contributed by atoms with Crippen molar-refractivity contribution >= 4 is 5.69 Å². The van der Waals surface area contributed by atoms with Crippen molar-refractivity contribution < 1.29 is 0 Å². The van der Waals surface area contributed by atoms with E-state index in [1.54, 1.807) is 0 Å². The highest BCUT2D eigenvalue weighted by atomic mass is 15.3. The fourth-order valence-electron chi connectivity index (χ4n) is 4.52. The van der Waals surface area contributed by atoms with E-state index in [0.717, 1.165) is 31.6 Å². The summed E-state index contributed by atoms with van der Waals surface area (Å²) in [7, 11) is 2.02. The predicted octanol–water partition coefficient (Wildman–Crippen LogP) is 4.48. The van der Waals surface area contributed by atoms with E-state index in [0.29, 0.717) is 6.04 Å². The van der Waals surface area contributed by atoms with Gasteiger partial charge in [-0.15, -0.1) is 0 Å². The van der Waals surface area contributed by atoms with Gasteiger partial charge < -0.3 is 9.47 Å². The zero-order valence-corrected chi connectivity index (χ0v) is 17.7. The molecule has 148 valence electrons. The molecule has 5 nitrogen and oxygen atoms in total. The molecule has 0 unspecified atom stereocenters. The van der Waals surface area contributed by atoms with E-state index < -0.39 is 0 Å². The van der Waals surface area contributed by atoms with Gasteiger partial charge in [0.15, 0.2) is 0 Å². The van der Waals surface area contributed by atoms with E-state index in [-0.39, 0.29) is 0 Å². The first kappa shape index (κ1) is 18.8. The molecule has 1 atom stereocenters. The lowest BCUT2D eigenvalue weighted by Crippen LogP contribution is -2.20. The van der Waals surface area contributed by atoms with E-state index in [1.165, 1.54) is 40.2 Å². The number of fused-ring (bicyclic) bond motifs is 1. The van der Waals surface area contributed by atoms with Crippen LogP contribution in [0.2, 0.25) is 0 Å². The Morgan fingerprint density at radius 2 is 2.04 bits per heavy atom. The molecule has 0 N–H and O–H groups in total. The van der Waals surface area contributed by atoms with Crippen molar-refractivity contribution in [3.05, 3.63) is 53.2 Å². The second kappa shape index (κ2) is 7.46. The highest BCUT2D eigenvalue weighted by molar-refractivity contribution is 5.68. The van der Waals surface area contributed by atoms with Gasteiger partial charge in [-0.05, 0) is 63.3 Å². The lowest BCUT2D eigenvalue weighted by molar-refractivity contribution is 0.546. The molecule has 0 amide bonds. The highest BCUT2D eigenvalue weighted by Crippen LogP contribution is 2.33.